The van der Waals surface area contributed by atoms with E-state index >= 15 is 0 Å². The normalized spacial score (nSPS) is 17.2. The smallest absolute Gasteiger partial charge is 0.235 e. The number of aromatic hydroxyl groups is 1. The molecule has 3 heterocycles. The Bertz CT molecular complexity index is 888. The Kier molecular flexibility index (Phi) is 4.64. The van der Waals surface area contributed by atoms with Gasteiger partial charge in [-0.25, -0.2) is 4.98 Å². The summed E-state index contributed by atoms with van der Waals surface area (Å²) < 4.78 is 7.07. The number of hydrogen-bond acceptors (Lipinski definition) is 5. The van der Waals surface area contributed by atoms with Crippen molar-refractivity contribution in [2.24, 2.45) is 0 Å². The Morgan fingerprint density at radius 3 is 2.88 bits per heavy atom. The number of nitrogens with zero attached hydrogens (tertiary/aromatic N) is 3. The number of ether oxygens (including phenoxy) is 1. The lowest BCUT2D eigenvalue weighted by atomic mass is 10.0. The van der Waals surface area contributed by atoms with E-state index in [0.29, 0.717) is 18.2 Å². The number of quaternary nitrogens is 1. The highest BCUT2D eigenvalue weighted by Gasteiger charge is 2.34. The fourth-order valence-corrected chi connectivity index (χ4v) is 4.67. The van der Waals surface area contributed by atoms with Gasteiger partial charge in [0.1, 0.15) is 18.0 Å². The van der Waals surface area contributed by atoms with Crippen molar-refractivity contribution < 1.29 is 14.7 Å². The van der Waals surface area contributed by atoms with Crippen LogP contribution in [0, 0.1) is 0 Å². The van der Waals surface area contributed by atoms with Crippen molar-refractivity contribution in [1.29, 1.82) is 0 Å². The van der Waals surface area contributed by atoms with Crippen LogP contribution in [0.4, 0.5) is 0 Å². The molecule has 6 nitrogen and oxygen atoms in total. The largest absolute Gasteiger partial charge is 0.492 e. The molecule has 1 saturated heterocycles. The molecule has 0 unspecified atom stereocenters. The first kappa shape index (κ1) is 16.8. The molecule has 1 fully saturated rings. The molecule has 0 amide bonds. The van der Waals surface area contributed by atoms with Crippen LogP contribution in [0.15, 0.2) is 24.3 Å². The van der Waals surface area contributed by atoms with E-state index in [9.17, 15) is 5.11 Å². The van der Waals surface area contributed by atoms with Crippen molar-refractivity contribution in [1.82, 2.24) is 14.6 Å². The van der Waals surface area contributed by atoms with Crippen molar-refractivity contribution in [2.75, 3.05) is 26.3 Å². The van der Waals surface area contributed by atoms with Crippen LogP contribution >= 0.6 is 22.9 Å². The third-order valence-corrected chi connectivity index (χ3v) is 5.87. The monoisotopic (exact) mass is 379 g/mol. The molecule has 8 heteroatoms. The molecule has 0 saturated carbocycles. The Labute approximate surface area is 154 Å². The zero-order chi connectivity index (χ0) is 17.4. The third-order valence-electron chi connectivity index (χ3n) is 4.55. The highest BCUT2D eigenvalue weighted by molar-refractivity contribution is 7.17. The maximum atomic E-state index is 10.8. The number of halogens is 1. The minimum atomic E-state index is -0.0128. The number of rotatable bonds is 4. The Hall–Kier alpha value is -1.67. The molecular weight excluding hydrogens is 360 g/mol. The summed E-state index contributed by atoms with van der Waals surface area (Å²) in [4.78, 5) is 7.45. The van der Waals surface area contributed by atoms with Gasteiger partial charge in [-0.15, -0.1) is 5.10 Å². The summed E-state index contributed by atoms with van der Waals surface area (Å²) in [5.74, 6) is 0.919. The van der Waals surface area contributed by atoms with E-state index in [1.807, 2.05) is 25.1 Å². The summed E-state index contributed by atoms with van der Waals surface area (Å²) in [6.07, 6.45) is 0.746. The van der Waals surface area contributed by atoms with E-state index in [1.54, 1.807) is 4.52 Å². The van der Waals surface area contributed by atoms with Gasteiger partial charge in [-0.2, -0.15) is 4.52 Å². The number of thiazole rings is 1. The van der Waals surface area contributed by atoms with Gasteiger partial charge < -0.3 is 14.7 Å². The number of aromatic nitrogens is 3. The summed E-state index contributed by atoms with van der Waals surface area (Å²) in [5, 5.41) is 15.9. The van der Waals surface area contributed by atoms with Gasteiger partial charge >= 0.3 is 0 Å². The number of fused-ring (bicyclic) bond motifs is 1. The van der Waals surface area contributed by atoms with Crippen molar-refractivity contribution >= 4 is 27.9 Å². The maximum absolute atomic E-state index is 10.8. The van der Waals surface area contributed by atoms with Gasteiger partial charge in [0.25, 0.3) is 0 Å². The molecule has 0 bridgehead atoms. The van der Waals surface area contributed by atoms with Gasteiger partial charge in [0.2, 0.25) is 10.8 Å². The first-order valence-corrected chi connectivity index (χ1v) is 9.62. The lowest BCUT2D eigenvalue weighted by Gasteiger charge is -2.31. The predicted molar refractivity (Wildman–Crippen MR) is 96.7 cm³/mol. The molecular formula is C17H20ClN4O2S+. The van der Waals surface area contributed by atoms with Crippen LogP contribution < -0.4 is 4.90 Å². The molecule has 0 spiro atoms. The van der Waals surface area contributed by atoms with E-state index < -0.39 is 0 Å². The van der Waals surface area contributed by atoms with Crippen LogP contribution in [0.25, 0.3) is 4.96 Å². The standard InChI is InChI=1S/C17H19ClN4O2S/c1-2-13-19-17-22(20-13)16(23)15(25-17)14(21-6-8-24-9-7-21)11-4-3-5-12(18)10-11/h3-5,10,14,23H,2,6-9H2,1H3/p+1/t14-/m0/s1. The minimum absolute atomic E-state index is 0.0128. The van der Waals surface area contributed by atoms with Gasteiger partial charge in [0.15, 0.2) is 11.9 Å². The molecule has 2 aromatic heterocycles. The highest BCUT2D eigenvalue weighted by Crippen LogP contribution is 2.35. The number of nitrogens with one attached hydrogen (secondary N) is 1. The summed E-state index contributed by atoms with van der Waals surface area (Å²) in [6, 6.07) is 7.84. The van der Waals surface area contributed by atoms with Crippen LogP contribution in [-0.4, -0.2) is 46.0 Å². The number of aryl methyl sites for hydroxylation is 1. The summed E-state index contributed by atoms with van der Waals surface area (Å²) in [6.45, 7) is 5.20. The Balaban J connectivity index is 1.82. The summed E-state index contributed by atoms with van der Waals surface area (Å²) in [7, 11) is 0. The maximum Gasteiger partial charge on any atom is 0.235 e. The molecule has 1 aromatic carbocycles. The molecule has 25 heavy (non-hydrogen) atoms. The molecule has 132 valence electrons. The summed E-state index contributed by atoms with van der Waals surface area (Å²) in [5.41, 5.74) is 1.08. The average molecular weight is 380 g/mol. The first-order valence-electron chi connectivity index (χ1n) is 8.42. The second-order valence-corrected chi connectivity index (χ2v) is 7.57. The molecule has 0 radical (unpaired) electrons. The quantitative estimate of drug-likeness (QED) is 0.724. The molecule has 3 aromatic rings. The Morgan fingerprint density at radius 1 is 1.40 bits per heavy atom. The lowest BCUT2D eigenvalue weighted by Crippen LogP contribution is -3.14. The second-order valence-electron chi connectivity index (χ2n) is 6.12. The SMILES string of the molecule is CCc1nc2sc([C@H](c3cccc(Cl)c3)[NH+]3CCOCC3)c(O)n2n1. The van der Waals surface area contributed by atoms with Crippen LogP contribution in [0.2, 0.25) is 5.02 Å². The van der Waals surface area contributed by atoms with E-state index in [1.165, 1.54) is 16.2 Å². The molecule has 1 aliphatic heterocycles. The van der Waals surface area contributed by atoms with E-state index in [-0.39, 0.29) is 11.9 Å². The average Bonchev–Trinajstić information content (AvgIpc) is 3.16. The fourth-order valence-electron chi connectivity index (χ4n) is 3.31. The van der Waals surface area contributed by atoms with Crippen LogP contribution in [0.1, 0.15) is 29.2 Å². The first-order chi connectivity index (χ1) is 12.2. The van der Waals surface area contributed by atoms with Gasteiger partial charge in [-0.3, -0.25) is 0 Å². The van der Waals surface area contributed by atoms with Crippen molar-refractivity contribution in [3.63, 3.8) is 0 Å². The Morgan fingerprint density at radius 2 is 2.20 bits per heavy atom. The number of morpholine rings is 1. The predicted octanol–water partition coefficient (Wildman–Crippen LogP) is 1.72. The van der Waals surface area contributed by atoms with Crippen LogP contribution in [-0.2, 0) is 11.2 Å². The van der Waals surface area contributed by atoms with Crippen molar-refractivity contribution in [3.05, 3.63) is 45.6 Å². The van der Waals surface area contributed by atoms with Gasteiger partial charge in [-0.1, -0.05) is 42.0 Å². The zero-order valence-corrected chi connectivity index (χ0v) is 15.5. The molecule has 1 atom stereocenters. The van der Waals surface area contributed by atoms with E-state index in [0.717, 1.165) is 40.7 Å². The molecule has 0 aliphatic carbocycles. The topological polar surface area (TPSA) is 64.1 Å². The fraction of sp³-hybridized carbons (Fsp3) is 0.412. The van der Waals surface area contributed by atoms with E-state index in [2.05, 4.69) is 16.1 Å². The zero-order valence-electron chi connectivity index (χ0n) is 13.9. The minimum Gasteiger partial charge on any atom is -0.492 e. The third kappa shape index (κ3) is 3.13. The highest BCUT2D eigenvalue weighted by atomic mass is 35.5. The molecule has 1 aliphatic rings. The molecule has 4 rings (SSSR count). The lowest BCUT2D eigenvalue weighted by molar-refractivity contribution is -0.932. The van der Waals surface area contributed by atoms with Gasteiger partial charge in [0.05, 0.1) is 13.2 Å². The van der Waals surface area contributed by atoms with Gasteiger partial charge in [0, 0.05) is 17.0 Å². The van der Waals surface area contributed by atoms with Crippen LogP contribution in [0.5, 0.6) is 5.88 Å². The van der Waals surface area contributed by atoms with Crippen LogP contribution in [0.3, 0.4) is 0 Å². The van der Waals surface area contributed by atoms with Crippen molar-refractivity contribution in [3.8, 4) is 5.88 Å². The van der Waals surface area contributed by atoms with Crippen molar-refractivity contribution in [2.45, 2.75) is 19.4 Å². The number of benzene rings is 1. The van der Waals surface area contributed by atoms with E-state index in [4.69, 9.17) is 16.3 Å². The number of hydrogen-bond donors (Lipinski definition) is 2. The van der Waals surface area contributed by atoms with Gasteiger partial charge in [-0.05, 0) is 12.1 Å². The second kappa shape index (κ2) is 6.92. The summed E-state index contributed by atoms with van der Waals surface area (Å²) >= 11 is 7.73. The molecule has 2 N–H and O–H groups in total.